The van der Waals surface area contributed by atoms with Crippen LogP contribution in [0.1, 0.15) is 77.8 Å². The molecule has 0 fully saturated rings. The maximum Gasteiger partial charge on any atom is 0.159 e. The summed E-state index contributed by atoms with van der Waals surface area (Å²) in [6.45, 7) is 9.49. The molecule has 0 N–H and O–H groups in total. The smallest absolute Gasteiger partial charge is 0.159 e. The van der Waals surface area contributed by atoms with Crippen molar-refractivity contribution in [1.82, 2.24) is 0 Å². The molecule has 3 unspecified atom stereocenters. The molecule has 3 atom stereocenters. The predicted molar refractivity (Wildman–Crippen MR) is 614 cm³/mol. The highest BCUT2D eigenvalue weighted by Gasteiger charge is 2.50. The van der Waals surface area contributed by atoms with Crippen molar-refractivity contribution in [3.8, 4) is 77.9 Å². The second-order valence-electron chi connectivity index (χ2n) is 39.1. The van der Waals surface area contributed by atoms with Crippen molar-refractivity contribution >= 4 is 127 Å². The summed E-state index contributed by atoms with van der Waals surface area (Å²) in [5, 5.41) is 7.05. The Bertz CT molecular complexity index is 9220. The molecule has 28 rings (SSSR count). The van der Waals surface area contributed by atoms with E-state index in [9.17, 15) is 0 Å². The van der Waals surface area contributed by atoms with Crippen molar-refractivity contribution in [2.75, 3.05) is 14.7 Å². The van der Waals surface area contributed by atoms with Gasteiger partial charge in [0, 0.05) is 92.7 Å². The van der Waals surface area contributed by atoms with Crippen molar-refractivity contribution in [3.05, 3.63) is 584 Å². The number of fused-ring (bicyclic) bond motifs is 18. The van der Waals surface area contributed by atoms with Gasteiger partial charge in [0.2, 0.25) is 0 Å². The van der Waals surface area contributed by atoms with Crippen molar-refractivity contribution in [2.45, 2.75) is 43.9 Å². The second kappa shape index (κ2) is 36.5. The zero-order valence-electron chi connectivity index (χ0n) is 81.5. The third-order valence-electron chi connectivity index (χ3n) is 31.0. The third-order valence-corrected chi connectivity index (χ3v) is 32.3. The van der Waals surface area contributed by atoms with Gasteiger partial charge >= 0.3 is 0 Å². The standard InChI is InChI=1S/C50H35NS.C46H35NO.C44H31NO/c1-50(37-20-9-4-10-21-37)43-26-12-11-22-42(43)47-44(50)27-15-28-45(47)51(38-32-30-35(31-33-38)34-16-5-2-6-17-34)46-29-14-25-41-40-24-13-23-39(48(40)52-49(41)46)36-18-7-3-8-19-36;1-31(2)46(34-17-7-4-8-18-34)39-22-11-9-20-38(39)44-40(46)23-14-24-41(44)47(35-29-27-33(28-30-35)32-15-5-3-6-16-32)42-25-13-21-37-36-19-10-12-26-43(36)48-45(37)42;1-44(32-15-6-3-7-16-32)38-19-10-8-18-36(38)43-39(44)20-12-21-40(43)45(33-25-23-31(24-26-33)30-13-4-2-5-14-30)34-27-28-42-37(29-34)35-17-9-11-22-41(35)46-42/h2-33H,1H3;3-31H,1-2H3;2-29H,1H3. The van der Waals surface area contributed by atoms with Gasteiger partial charge in [-0.2, -0.15) is 0 Å². The molecule has 694 valence electrons. The number of hydrogen-bond acceptors (Lipinski definition) is 6. The molecular formula is C140H101N3O2S. The highest BCUT2D eigenvalue weighted by atomic mass is 32.1. The molecule has 0 spiro atoms. The lowest BCUT2D eigenvalue weighted by atomic mass is 9.65. The van der Waals surface area contributed by atoms with Crippen LogP contribution in [0.3, 0.4) is 0 Å². The summed E-state index contributed by atoms with van der Waals surface area (Å²) in [5.41, 5.74) is 42.1. The first-order valence-electron chi connectivity index (χ1n) is 50.6. The van der Waals surface area contributed by atoms with Crippen LogP contribution < -0.4 is 14.7 Å². The van der Waals surface area contributed by atoms with Crippen molar-refractivity contribution in [2.24, 2.45) is 5.92 Å². The molecule has 146 heavy (non-hydrogen) atoms. The molecule has 3 aliphatic rings. The number of benzene rings is 22. The lowest BCUT2D eigenvalue weighted by Crippen LogP contribution is -2.33. The average molecular weight is 1890 g/mol. The first-order chi connectivity index (χ1) is 72.1. The Hall–Kier alpha value is -17.9. The zero-order chi connectivity index (χ0) is 97.6. The highest BCUT2D eigenvalue weighted by molar-refractivity contribution is 7.27. The van der Waals surface area contributed by atoms with E-state index in [1.54, 1.807) is 0 Å². The van der Waals surface area contributed by atoms with E-state index in [1.165, 1.54) is 160 Å². The van der Waals surface area contributed by atoms with Crippen LogP contribution in [0.15, 0.2) is 543 Å². The fourth-order valence-electron chi connectivity index (χ4n) is 24.2. The molecule has 3 aromatic heterocycles. The van der Waals surface area contributed by atoms with Crippen molar-refractivity contribution in [1.29, 1.82) is 0 Å². The van der Waals surface area contributed by atoms with E-state index >= 15 is 0 Å². The van der Waals surface area contributed by atoms with Gasteiger partial charge in [-0.25, -0.2) is 0 Å². The van der Waals surface area contributed by atoms with Gasteiger partial charge in [0.15, 0.2) is 5.58 Å². The lowest BCUT2D eigenvalue weighted by molar-refractivity contribution is 0.447. The van der Waals surface area contributed by atoms with Gasteiger partial charge in [-0.1, -0.05) is 451 Å². The minimum Gasteiger partial charge on any atom is -0.456 e. The predicted octanol–water partition coefficient (Wildman–Crippen LogP) is 38.9. The molecule has 0 bridgehead atoms. The Kier molecular flexibility index (Phi) is 22.1. The minimum atomic E-state index is -0.294. The molecule has 0 saturated heterocycles. The van der Waals surface area contributed by atoms with Crippen LogP contribution in [0, 0.1) is 5.92 Å². The quantitative estimate of drug-likeness (QED) is 0.0908. The van der Waals surface area contributed by atoms with E-state index in [2.05, 4.69) is 558 Å². The normalized spacial score (nSPS) is 15.0. The van der Waals surface area contributed by atoms with E-state index in [0.29, 0.717) is 5.92 Å². The minimum absolute atomic E-state index is 0.281. The van der Waals surface area contributed by atoms with Gasteiger partial charge in [0.25, 0.3) is 0 Å². The number of hydrogen-bond donors (Lipinski definition) is 0. The molecule has 6 heteroatoms. The average Bonchev–Trinajstić information content (AvgIpc) is 1.53. The topological polar surface area (TPSA) is 36.0 Å². The molecule has 5 nitrogen and oxygen atoms in total. The van der Waals surface area contributed by atoms with E-state index in [1.807, 2.05) is 29.5 Å². The van der Waals surface area contributed by atoms with E-state index in [4.69, 9.17) is 8.83 Å². The number of rotatable bonds is 17. The fraction of sp³-hybridized carbons (Fsp3) is 0.0571. The SMILES string of the molecule is CC(C)C1(c2ccccc2)c2ccccc2-c2c(N(c3ccc(-c4ccccc4)cc3)c3cccc4c3oc3ccccc34)cccc21.CC1(c2ccccc2)c2ccccc2-c2c(N(c3ccc(-c4ccccc4)cc3)c3ccc4oc5ccccc5c4c3)cccc21.CC1(c2ccccc2)c2ccccc2-c2c(N(c3ccc(-c4ccccc4)cc3)c3cccc4c3sc3c(-c5ccccc5)cccc34)cccc21. The zero-order valence-corrected chi connectivity index (χ0v) is 82.3. The number of thiophene rings is 1. The molecule has 3 aliphatic carbocycles. The van der Waals surface area contributed by atoms with Gasteiger partial charge in [-0.15, -0.1) is 11.3 Å². The van der Waals surface area contributed by atoms with Crippen LogP contribution in [0.4, 0.5) is 51.2 Å². The largest absolute Gasteiger partial charge is 0.456 e. The van der Waals surface area contributed by atoms with Crippen LogP contribution in [0.25, 0.3) is 142 Å². The maximum atomic E-state index is 6.70. The van der Waals surface area contributed by atoms with E-state index in [-0.39, 0.29) is 16.2 Å². The van der Waals surface area contributed by atoms with E-state index < -0.39 is 0 Å². The summed E-state index contributed by atoms with van der Waals surface area (Å²) in [4.78, 5) is 7.35. The Morgan fingerprint density at radius 1 is 0.205 bits per heavy atom. The molecule has 0 radical (unpaired) electrons. The Balaban J connectivity index is 0.000000111. The molecule has 0 amide bonds. The molecule has 25 aromatic rings. The van der Waals surface area contributed by atoms with E-state index in [0.717, 1.165) is 83.7 Å². The van der Waals surface area contributed by atoms with Gasteiger partial charge in [0.05, 0.1) is 33.1 Å². The van der Waals surface area contributed by atoms with Gasteiger partial charge in [0.1, 0.15) is 16.7 Å². The van der Waals surface area contributed by atoms with Gasteiger partial charge in [-0.05, 0) is 228 Å². The molecule has 0 saturated carbocycles. The fourth-order valence-corrected chi connectivity index (χ4v) is 25.5. The van der Waals surface area contributed by atoms with Crippen LogP contribution in [-0.2, 0) is 16.2 Å². The van der Waals surface area contributed by atoms with Gasteiger partial charge in [-0.3, -0.25) is 0 Å². The van der Waals surface area contributed by atoms with Crippen molar-refractivity contribution < 1.29 is 8.83 Å². The first-order valence-corrected chi connectivity index (χ1v) is 51.4. The van der Waals surface area contributed by atoms with Crippen LogP contribution in [-0.4, -0.2) is 0 Å². The summed E-state index contributed by atoms with van der Waals surface area (Å²) in [7, 11) is 0. The summed E-state index contributed by atoms with van der Waals surface area (Å²) >= 11 is 1.90. The monoisotopic (exact) mass is 1890 g/mol. The number of nitrogens with zero attached hydrogens (tertiary/aromatic N) is 3. The number of furan rings is 2. The van der Waals surface area contributed by atoms with Crippen LogP contribution in [0.5, 0.6) is 0 Å². The highest BCUT2D eigenvalue weighted by Crippen LogP contribution is 2.64. The molecule has 3 heterocycles. The maximum absolute atomic E-state index is 6.70. The molecular weight excluding hydrogens is 1790 g/mol. The van der Waals surface area contributed by atoms with Gasteiger partial charge < -0.3 is 23.5 Å². The number of para-hydroxylation sites is 3. The van der Waals surface area contributed by atoms with Crippen LogP contribution >= 0.6 is 11.3 Å². The molecule has 0 aliphatic heterocycles. The third kappa shape index (κ3) is 14.6. The Labute approximate surface area is 855 Å². The molecule has 22 aromatic carbocycles. The summed E-state index contributed by atoms with van der Waals surface area (Å²) in [6.07, 6.45) is 0. The summed E-state index contributed by atoms with van der Waals surface area (Å²) in [6, 6.07) is 193. The Morgan fingerprint density at radius 3 is 1.02 bits per heavy atom. The first kappa shape index (κ1) is 88.2. The summed E-state index contributed by atoms with van der Waals surface area (Å²) < 4.78 is 15.5. The Morgan fingerprint density at radius 2 is 0.521 bits per heavy atom. The second-order valence-corrected chi connectivity index (χ2v) is 40.1. The number of anilines is 9. The summed E-state index contributed by atoms with van der Waals surface area (Å²) in [5.74, 6) is 0.315. The van der Waals surface area contributed by atoms with Crippen molar-refractivity contribution in [3.63, 3.8) is 0 Å². The lowest BCUT2D eigenvalue weighted by Gasteiger charge is -2.37. The van der Waals surface area contributed by atoms with Crippen LogP contribution in [0.2, 0.25) is 0 Å².